The number of rotatable bonds is 3. The number of amides is 2. The zero-order valence-corrected chi connectivity index (χ0v) is 13.0. The van der Waals surface area contributed by atoms with E-state index in [0.717, 1.165) is 0 Å². The van der Waals surface area contributed by atoms with Crippen LogP contribution in [0.25, 0.3) is 0 Å². The number of likely N-dealkylation sites (N-methyl/N-ethyl adjacent to an activating group) is 1. The molecule has 0 spiro atoms. The number of carbonyl (C=O) groups is 2. The van der Waals surface area contributed by atoms with Gasteiger partial charge >= 0.3 is 0 Å². The molecule has 116 valence electrons. The highest BCUT2D eigenvalue weighted by Crippen LogP contribution is 2.15. The summed E-state index contributed by atoms with van der Waals surface area (Å²) in [6.07, 6.45) is 3.59. The van der Waals surface area contributed by atoms with Crippen LogP contribution in [0.4, 0.5) is 0 Å². The first-order valence-corrected chi connectivity index (χ1v) is 7.09. The van der Waals surface area contributed by atoms with Gasteiger partial charge in [-0.05, 0) is 26.8 Å². The predicted octanol–water partition coefficient (Wildman–Crippen LogP) is 0.830. The minimum absolute atomic E-state index is 0.0279. The minimum atomic E-state index is -0.152. The molecule has 2 heterocycles. The monoisotopic (exact) mass is 293 g/mol. The number of nitrogens with zero attached hydrogens (tertiary/aromatic N) is 2. The van der Waals surface area contributed by atoms with Crippen molar-refractivity contribution in [2.45, 2.75) is 32.4 Å². The van der Waals surface area contributed by atoms with Gasteiger partial charge in [0.25, 0.3) is 5.91 Å². The maximum atomic E-state index is 12.1. The molecule has 1 atom stereocenters. The number of ether oxygens (including phenoxy) is 1. The second kappa shape index (κ2) is 5.89. The molecule has 0 aliphatic carbocycles. The Morgan fingerprint density at radius 3 is 2.76 bits per heavy atom. The Kier molecular flexibility index (Phi) is 4.37. The molecule has 2 rings (SSSR count). The average molecular weight is 293 g/mol. The fraction of sp³-hybridized carbons (Fsp3) is 0.600. The minimum Gasteiger partial charge on any atom is -0.365 e. The number of hydrogen-bond acceptors (Lipinski definition) is 3. The first-order valence-electron chi connectivity index (χ1n) is 7.09. The summed E-state index contributed by atoms with van der Waals surface area (Å²) < 4.78 is 7.40. The molecular formula is C15H23N3O3. The Labute approximate surface area is 125 Å². The van der Waals surface area contributed by atoms with Crippen LogP contribution in [0.2, 0.25) is 0 Å². The summed E-state index contributed by atoms with van der Waals surface area (Å²) >= 11 is 0. The molecule has 0 radical (unpaired) electrons. The number of aromatic nitrogens is 1. The van der Waals surface area contributed by atoms with Gasteiger partial charge in [-0.25, -0.2) is 0 Å². The summed E-state index contributed by atoms with van der Waals surface area (Å²) in [7, 11) is 1.74. The van der Waals surface area contributed by atoms with E-state index in [9.17, 15) is 9.59 Å². The van der Waals surface area contributed by atoms with Crippen LogP contribution in [0.3, 0.4) is 0 Å². The van der Waals surface area contributed by atoms with Crippen LogP contribution in [0.1, 0.15) is 31.1 Å². The molecule has 21 heavy (non-hydrogen) atoms. The fourth-order valence-electron chi connectivity index (χ4n) is 2.14. The molecule has 6 nitrogen and oxygen atoms in total. The zero-order chi connectivity index (χ0) is 15.6. The molecule has 0 aromatic carbocycles. The molecule has 6 heteroatoms. The van der Waals surface area contributed by atoms with Gasteiger partial charge in [-0.2, -0.15) is 0 Å². The van der Waals surface area contributed by atoms with E-state index in [-0.39, 0.29) is 30.1 Å². The maximum Gasteiger partial charge on any atom is 0.252 e. The van der Waals surface area contributed by atoms with Gasteiger partial charge in [-0.3, -0.25) is 9.59 Å². The summed E-state index contributed by atoms with van der Waals surface area (Å²) in [6, 6.07) is 1.80. The Hall–Kier alpha value is -1.82. The Balaban J connectivity index is 1.87. The lowest BCUT2D eigenvalue weighted by Crippen LogP contribution is -2.48. The van der Waals surface area contributed by atoms with Crippen molar-refractivity contribution in [3.8, 4) is 0 Å². The highest BCUT2D eigenvalue weighted by atomic mass is 16.5. The van der Waals surface area contributed by atoms with Crippen LogP contribution in [0.15, 0.2) is 18.5 Å². The quantitative estimate of drug-likeness (QED) is 0.898. The van der Waals surface area contributed by atoms with Gasteiger partial charge in [0.15, 0.2) is 0 Å². The lowest BCUT2D eigenvalue weighted by Gasteiger charge is -2.29. The van der Waals surface area contributed by atoms with E-state index in [1.165, 1.54) is 0 Å². The summed E-state index contributed by atoms with van der Waals surface area (Å²) in [6.45, 7) is 7.23. The van der Waals surface area contributed by atoms with Crippen LogP contribution >= 0.6 is 0 Å². The second-order valence-electron chi connectivity index (χ2n) is 6.40. The normalized spacial score (nSPS) is 19.7. The Bertz CT molecular complexity index is 531. The summed E-state index contributed by atoms with van der Waals surface area (Å²) in [5.41, 5.74) is 0.582. The van der Waals surface area contributed by atoms with E-state index in [4.69, 9.17) is 4.74 Å². The third-order valence-electron chi connectivity index (χ3n) is 3.57. The van der Waals surface area contributed by atoms with E-state index in [1.807, 2.05) is 17.0 Å². The van der Waals surface area contributed by atoms with Crippen LogP contribution in [-0.4, -0.2) is 54.1 Å². The van der Waals surface area contributed by atoms with E-state index in [1.54, 1.807) is 18.0 Å². The topological polar surface area (TPSA) is 63.6 Å². The number of morpholine rings is 1. The Morgan fingerprint density at radius 1 is 1.48 bits per heavy atom. The van der Waals surface area contributed by atoms with Gasteiger partial charge in [-0.1, -0.05) is 0 Å². The summed E-state index contributed by atoms with van der Waals surface area (Å²) in [5.74, 6) is -0.152. The van der Waals surface area contributed by atoms with Crippen molar-refractivity contribution in [3.63, 3.8) is 0 Å². The van der Waals surface area contributed by atoms with Gasteiger partial charge in [0.1, 0.15) is 6.61 Å². The molecule has 1 saturated heterocycles. The molecule has 1 fully saturated rings. The smallest absolute Gasteiger partial charge is 0.252 e. The van der Waals surface area contributed by atoms with Crippen LogP contribution in [0.5, 0.6) is 0 Å². The first-order chi connectivity index (χ1) is 9.77. The van der Waals surface area contributed by atoms with Crippen LogP contribution in [0, 0.1) is 0 Å². The molecule has 1 aliphatic heterocycles. The molecule has 1 aliphatic rings. The molecule has 0 saturated carbocycles. The first kappa shape index (κ1) is 15.6. The molecule has 1 aromatic rings. The fourth-order valence-corrected chi connectivity index (χ4v) is 2.14. The zero-order valence-electron chi connectivity index (χ0n) is 13.0. The molecule has 1 aromatic heterocycles. The number of hydrogen-bond donors (Lipinski definition) is 1. The summed E-state index contributed by atoms with van der Waals surface area (Å²) in [4.78, 5) is 25.0. The average Bonchev–Trinajstić information content (AvgIpc) is 2.89. The van der Waals surface area contributed by atoms with Gasteiger partial charge in [0.2, 0.25) is 5.91 Å². The molecular weight excluding hydrogens is 270 g/mol. The van der Waals surface area contributed by atoms with Crippen LogP contribution in [-0.2, 0) is 15.1 Å². The highest BCUT2D eigenvalue weighted by molar-refractivity contribution is 5.94. The maximum absolute atomic E-state index is 12.1. The number of nitrogens with one attached hydrogen (secondary N) is 1. The van der Waals surface area contributed by atoms with Gasteiger partial charge in [-0.15, -0.1) is 0 Å². The van der Waals surface area contributed by atoms with Crippen molar-refractivity contribution < 1.29 is 14.3 Å². The van der Waals surface area contributed by atoms with Gasteiger partial charge in [0.05, 0.1) is 11.7 Å². The van der Waals surface area contributed by atoms with Gasteiger partial charge < -0.3 is 19.5 Å². The van der Waals surface area contributed by atoms with Crippen molar-refractivity contribution in [2.24, 2.45) is 0 Å². The van der Waals surface area contributed by atoms with Gasteiger partial charge in [0, 0.05) is 38.1 Å². The predicted molar refractivity (Wildman–Crippen MR) is 79.1 cm³/mol. The lowest BCUT2D eigenvalue weighted by molar-refractivity contribution is -0.146. The standard InChI is InChI=1S/C15H23N3O3/c1-15(2,3)18-6-5-11(8-18)14(20)16-7-12-9-17(4)13(19)10-21-12/h5-6,8,12H,7,9-10H2,1-4H3,(H,16,20)/t12-/m1/s1. The lowest BCUT2D eigenvalue weighted by atomic mass is 10.1. The summed E-state index contributed by atoms with van der Waals surface area (Å²) in [5, 5.41) is 2.85. The third kappa shape index (κ3) is 3.85. The number of carbonyl (C=O) groups excluding carboxylic acids is 2. The van der Waals surface area contributed by atoms with E-state index in [0.29, 0.717) is 18.7 Å². The molecule has 1 N–H and O–H groups in total. The van der Waals surface area contributed by atoms with E-state index >= 15 is 0 Å². The molecule has 2 amide bonds. The Morgan fingerprint density at radius 2 is 2.19 bits per heavy atom. The van der Waals surface area contributed by atoms with Crippen molar-refractivity contribution >= 4 is 11.8 Å². The highest BCUT2D eigenvalue weighted by Gasteiger charge is 2.24. The van der Waals surface area contributed by atoms with Crippen molar-refractivity contribution in [1.29, 1.82) is 0 Å². The van der Waals surface area contributed by atoms with Crippen molar-refractivity contribution in [3.05, 3.63) is 24.0 Å². The van der Waals surface area contributed by atoms with E-state index < -0.39 is 0 Å². The molecule has 0 unspecified atom stereocenters. The van der Waals surface area contributed by atoms with E-state index in [2.05, 4.69) is 26.1 Å². The molecule has 0 bridgehead atoms. The van der Waals surface area contributed by atoms with Crippen molar-refractivity contribution in [1.82, 2.24) is 14.8 Å². The third-order valence-corrected chi connectivity index (χ3v) is 3.57. The van der Waals surface area contributed by atoms with Crippen LogP contribution < -0.4 is 5.32 Å². The second-order valence-corrected chi connectivity index (χ2v) is 6.40. The SMILES string of the molecule is CN1C[C@@H](CNC(=O)c2ccn(C(C)(C)C)c2)OCC1=O. The van der Waals surface area contributed by atoms with Crippen molar-refractivity contribution in [2.75, 3.05) is 26.7 Å². The largest absolute Gasteiger partial charge is 0.365 e.